The largest absolute Gasteiger partial charge is 0.300 e. The molecule has 0 spiro atoms. The smallest absolute Gasteiger partial charge is 0.242 e. The van der Waals surface area contributed by atoms with Crippen molar-refractivity contribution in [3.63, 3.8) is 0 Å². The second-order valence-corrected chi connectivity index (χ2v) is 5.84. The second kappa shape index (κ2) is 4.93. The fourth-order valence-electron chi connectivity index (χ4n) is 1.85. The Bertz CT molecular complexity index is 489. The van der Waals surface area contributed by atoms with E-state index in [1.165, 1.54) is 18.5 Å². The van der Waals surface area contributed by atoms with Crippen LogP contribution in [0.4, 0.5) is 0 Å². The Kier molecular flexibility index (Phi) is 3.54. The van der Waals surface area contributed by atoms with Gasteiger partial charge in [0.25, 0.3) is 0 Å². The molecule has 0 atom stereocenters. The maximum absolute atomic E-state index is 11.9. The Hall–Kier alpha value is -1.27. The van der Waals surface area contributed by atoms with Gasteiger partial charge in [0, 0.05) is 31.3 Å². The molecule has 1 fully saturated rings. The van der Waals surface area contributed by atoms with Gasteiger partial charge in [-0.25, -0.2) is 13.1 Å². The minimum absolute atomic E-state index is 0.141. The minimum atomic E-state index is -3.50. The van der Waals surface area contributed by atoms with Gasteiger partial charge in [-0.1, -0.05) is 0 Å². The monoisotopic (exact) mass is 254 g/mol. The molecule has 1 aliphatic rings. The Balaban J connectivity index is 2.06. The maximum Gasteiger partial charge on any atom is 0.242 e. The third-order valence-electron chi connectivity index (χ3n) is 2.81. The molecule has 1 N–H and O–H groups in total. The summed E-state index contributed by atoms with van der Waals surface area (Å²) < 4.78 is 26.5. The van der Waals surface area contributed by atoms with Gasteiger partial charge in [0.2, 0.25) is 10.0 Å². The number of pyridine rings is 1. The van der Waals surface area contributed by atoms with Crippen LogP contribution in [0.5, 0.6) is 0 Å². The topological polar surface area (TPSA) is 76.1 Å². The molecular formula is C11H14N2O3S. The highest BCUT2D eigenvalue weighted by molar-refractivity contribution is 7.89. The summed E-state index contributed by atoms with van der Waals surface area (Å²) in [6, 6.07) is 2.94. The average molecular weight is 254 g/mol. The van der Waals surface area contributed by atoms with Gasteiger partial charge in [-0.15, -0.1) is 0 Å². The van der Waals surface area contributed by atoms with Gasteiger partial charge in [-0.3, -0.25) is 9.78 Å². The Morgan fingerprint density at radius 2 is 2.00 bits per heavy atom. The van der Waals surface area contributed by atoms with Crippen molar-refractivity contribution in [2.75, 3.05) is 0 Å². The molecule has 1 aromatic heterocycles. The summed E-state index contributed by atoms with van der Waals surface area (Å²) in [5.41, 5.74) is 0. The standard InChI is InChI=1S/C11H14N2O3S/c14-10-5-3-9(4-6-10)13-17(15,16)11-2-1-7-12-8-11/h1-2,7-9,13H,3-6H2. The molecule has 2 rings (SSSR count). The second-order valence-electron chi connectivity index (χ2n) is 4.12. The molecule has 1 heterocycles. The summed E-state index contributed by atoms with van der Waals surface area (Å²) in [5, 5.41) is 0. The number of carbonyl (C=O) groups excluding carboxylic acids is 1. The number of aromatic nitrogens is 1. The number of nitrogens with zero attached hydrogens (tertiary/aromatic N) is 1. The molecule has 1 aromatic rings. The Morgan fingerprint density at radius 1 is 1.29 bits per heavy atom. The first kappa shape index (κ1) is 12.2. The fourth-order valence-corrected chi connectivity index (χ4v) is 3.12. The lowest BCUT2D eigenvalue weighted by Gasteiger charge is -2.21. The number of Topliss-reactive ketones (excluding diaryl/α,β-unsaturated/α-hetero) is 1. The van der Waals surface area contributed by atoms with Crippen LogP contribution in [0.25, 0.3) is 0 Å². The summed E-state index contributed by atoms with van der Waals surface area (Å²) >= 11 is 0. The average Bonchev–Trinajstić information content (AvgIpc) is 2.33. The number of carbonyl (C=O) groups is 1. The predicted molar refractivity (Wildman–Crippen MR) is 61.8 cm³/mol. The molecule has 17 heavy (non-hydrogen) atoms. The Labute approximate surface area is 100 Å². The SMILES string of the molecule is O=C1CCC(NS(=O)(=O)c2cccnc2)CC1. The van der Waals surface area contributed by atoms with E-state index in [-0.39, 0.29) is 16.7 Å². The van der Waals surface area contributed by atoms with E-state index in [0.717, 1.165) is 0 Å². The van der Waals surface area contributed by atoms with Crippen LogP contribution in [0.2, 0.25) is 0 Å². The molecular weight excluding hydrogens is 240 g/mol. The van der Waals surface area contributed by atoms with Crippen molar-refractivity contribution < 1.29 is 13.2 Å². The van der Waals surface area contributed by atoms with Crippen LogP contribution in [0, 0.1) is 0 Å². The lowest BCUT2D eigenvalue weighted by Crippen LogP contribution is -2.37. The van der Waals surface area contributed by atoms with Crippen LogP contribution in [0.1, 0.15) is 25.7 Å². The van der Waals surface area contributed by atoms with Crippen LogP contribution in [0.3, 0.4) is 0 Å². The van der Waals surface area contributed by atoms with Crippen molar-refractivity contribution in [3.8, 4) is 0 Å². The van der Waals surface area contributed by atoms with Gasteiger partial charge in [0.05, 0.1) is 0 Å². The zero-order valence-corrected chi connectivity index (χ0v) is 10.1. The number of hydrogen-bond donors (Lipinski definition) is 1. The summed E-state index contributed by atoms with van der Waals surface area (Å²) in [6.07, 6.45) is 4.92. The van der Waals surface area contributed by atoms with E-state index in [9.17, 15) is 13.2 Å². The number of ketones is 1. The first-order valence-corrected chi connectivity index (χ1v) is 7.00. The molecule has 0 amide bonds. The summed E-state index contributed by atoms with van der Waals surface area (Å²) in [5.74, 6) is 0.210. The van der Waals surface area contributed by atoms with E-state index in [4.69, 9.17) is 0 Å². The molecule has 0 aliphatic heterocycles. The third-order valence-corrected chi connectivity index (χ3v) is 4.32. The van der Waals surface area contributed by atoms with Gasteiger partial charge in [-0.05, 0) is 25.0 Å². The molecule has 1 saturated carbocycles. The molecule has 92 valence electrons. The molecule has 0 aromatic carbocycles. The summed E-state index contributed by atoms with van der Waals surface area (Å²) in [4.78, 5) is 15.0. The van der Waals surface area contributed by atoms with Gasteiger partial charge in [-0.2, -0.15) is 0 Å². The zero-order valence-electron chi connectivity index (χ0n) is 9.30. The molecule has 0 bridgehead atoms. The highest BCUT2D eigenvalue weighted by Gasteiger charge is 2.24. The van der Waals surface area contributed by atoms with E-state index in [1.807, 2.05) is 0 Å². The van der Waals surface area contributed by atoms with Gasteiger partial charge >= 0.3 is 0 Å². The number of nitrogens with one attached hydrogen (secondary N) is 1. The van der Waals surface area contributed by atoms with Crippen molar-refractivity contribution in [1.29, 1.82) is 0 Å². The number of sulfonamides is 1. The molecule has 5 nitrogen and oxygen atoms in total. The highest BCUT2D eigenvalue weighted by atomic mass is 32.2. The van der Waals surface area contributed by atoms with Gasteiger partial charge < -0.3 is 0 Å². The molecule has 0 radical (unpaired) electrons. The van der Waals surface area contributed by atoms with E-state index in [0.29, 0.717) is 25.7 Å². The minimum Gasteiger partial charge on any atom is -0.300 e. The van der Waals surface area contributed by atoms with E-state index < -0.39 is 10.0 Å². The van der Waals surface area contributed by atoms with Crippen molar-refractivity contribution >= 4 is 15.8 Å². The first-order chi connectivity index (χ1) is 8.08. The summed E-state index contributed by atoms with van der Waals surface area (Å²) in [7, 11) is -3.50. The van der Waals surface area contributed by atoms with Crippen molar-refractivity contribution in [1.82, 2.24) is 9.71 Å². The van der Waals surface area contributed by atoms with Gasteiger partial charge in [0.1, 0.15) is 10.7 Å². The van der Waals surface area contributed by atoms with E-state index in [2.05, 4.69) is 9.71 Å². The van der Waals surface area contributed by atoms with Crippen LogP contribution in [-0.2, 0) is 14.8 Å². The van der Waals surface area contributed by atoms with Crippen molar-refractivity contribution in [2.45, 2.75) is 36.6 Å². The molecule has 0 unspecified atom stereocenters. The number of hydrogen-bond acceptors (Lipinski definition) is 4. The third kappa shape index (κ3) is 3.10. The van der Waals surface area contributed by atoms with Crippen LogP contribution in [0.15, 0.2) is 29.4 Å². The normalized spacial score (nSPS) is 18.2. The lowest BCUT2D eigenvalue weighted by molar-refractivity contribution is -0.120. The van der Waals surface area contributed by atoms with Crippen LogP contribution < -0.4 is 4.72 Å². The van der Waals surface area contributed by atoms with Crippen molar-refractivity contribution in [3.05, 3.63) is 24.5 Å². The van der Waals surface area contributed by atoms with Crippen molar-refractivity contribution in [2.24, 2.45) is 0 Å². The predicted octanol–water partition coefficient (Wildman–Crippen LogP) is 0.872. The quantitative estimate of drug-likeness (QED) is 0.868. The molecule has 0 saturated heterocycles. The van der Waals surface area contributed by atoms with E-state index >= 15 is 0 Å². The Morgan fingerprint density at radius 3 is 2.59 bits per heavy atom. The molecule has 6 heteroatoms. The van der Waals surface area contributed by atoms with Gasteiger partial charge in [0.15, 0.2) is 0 Å². The first-order valence-electron chi connectivity index (χ1n) is 5.52. The lowest BCUT2D eigenvalue weighted by atomic mass is 9.95. The highest BCUT2D eigenvalue weighted by Crippen LogP contribution is 2.17. The van der Waals surface area contributed by atoms with Crippen LogP contribution >= 0.6 is 0 Å². The molecule has 1 aliphatic carbocycles. The zero-order chi connectivity index (χ0) is 12.3. The number of rotatable bonds is 3. The van der Waals surface area contributed by atoms with Crippen LogP contribution in [-0.4, -0.2) is 25.2 Å². The fraction of sp³-hybridized carbons (Fsp3) is 0.455. The summed E-state index contributed by atoms with van der Waals surface area (Å²) in [6.45, 7) is 0. The van der Waals surface area contributed by atoms with E-state index in [1.54, 1.807) is 6.07 Å². The maximum atomic E-state index is 11.9.